The Kier molecular flexibility index (Phi) is 4.96. The first-order valence-electron chi connectivity index (χ1n) is 6.45. The summed E-state index contributed by atoms with van der Waals surface area (Å²) in [6, 6.07) is 6.44. The van der Waals surface area contributed by atoms with Crippen LogP contribution < -0.4 is 14.8 Å². The van der Waals surface area contributed by atoms with Crippen LogP contribution in [0.4, 0.5) is 0 Å². The Hall–Kier alpha value is -0.910. The molecule has 1 aromatic carbocycles. The van der Waals surface area contributed by atoms with E-state index in [1.54, 1.807) is 11.8 Å². The van der Waals surface area contributed by atoms with E-state index in [-0.39, 0.29) is 23.9 Å². The minimum atomic E-state index is 0.184. The van der Waals surface area contributed by atoms with Crippen molar-refractivity contribution in [2.24, 2.45) is 0 Å². The summed E-state index contributed by atoms with van der Waals surface area (Å²) in [6.45, 7) is 4.70. The third-order valence-electron chi connectivity index (χ3n) is 3.45. The number of fused-ring (bicyclic) bond motifs is 1. The van der Waals surface area contributed by atoms with E-state index in [2.05, 4.69) is 19.2 Å². The Labute approximate surface area is 118 Å². The zero-order chi connectivity index (χ0) is 13.8. The van der Waals surface area contributed by atoms with Gasteiger partial charge in [0.25, 0.3) is 0 Å². The summed E-state index contributed by atoms with van der Waals surface area (Å²) in [4.78, 5) is 0. The standard InChI is InChI=1S/C14H21NO3S/c1-9(15-10(2)14(7-16)19-3)11-4-5-12-13(6-11)18-8-17-12/h4-6,9-10,14-16H,7-8H2,1-3H3. The van der Waals surface area contributed by atoms with Crippen LogP contribution in [0.5, 0.6) is 11.5 Å². The second kappa shape index (κ2) is 6.50. The van der Waals surface area contributed by atoms with E-state index in [0.717, 1.165) is 17.1 Å². The van der Waals surface area contributed by atoms with Crippen LogP contribution in [0.25, 0.3) is 0 Å². The van der Waals surface area contributed by atoms with Gasteiger partial charge in [-0.1, -0.05) is 6.07 Å². The zero-order valence-electron chi connectivity index (χ0n) is 11.6. The highest BCUT2D eigenvalue weighted by Crippen LogP contribution is 2.34. The molecule has 3 unspecified atom stereocenters. The van der Waals surface area contributed by atoms with Gasteiger partial charge in [0, 0.05) is 17.3 Å². The smallest absolute Gasteiger partial charge is 0.231 e. The number of aliphatic hydroxyl groups is 1. The molecule has 1 aromatic rings. The third kappa shape index (κ3) is 3.35. The Morgan fingerprint density at radius 3 is 2.74 bits per heavy atom. The molecule has 5 heteroatoms. The Bertz CT molecular complexity index is 423. The largest absolute Gasteiger partial charge is 0.454 e. The predicted octanol–water partition coefficient (Wildman–Crippen LogP) is 2.18. The second-order valence-corrected chi connectivity index (χ2v) is 5.82. The molecule has 106 valence electrons. The number of aliphatic hydroxyl groups excluding tert-OH is 1. The fraction of sp³-hybridized carbons (Fsp3) is 0.571. The Morgan fingerprint density at radius 1 is 1.32 bits per heavy atom. The highest BCUT2D eigenvalue weighted by molar-refractivity contribution is 7.99. The van der Waals surface area contributed by atoms with Crippen LogP contribution in [-0.2, 0) is 0 Å². The number of thioether (sulfide) groups is 1. The first kappa shape index (κ1) is 14.5. The molecule has 0 fully saturated rings. The number of nitrogens with one attached hydrogen (secondary N) is 1. The maximum absolute atomic E-state index is 9.31. The van der Waals surface area contributed by atoms with Crippen LogP contribution in [0.15, 0.2) is 18.2 Å². The van der Waals surface area contributed by atoms with E-state index < -0.39 is 0 Å². The molecule has 0 saturated carbocycles. The molecule has 0 radical (unpaired) electrons. The lowest BCUT2D eigenvalue weighted by Gasteiger charge is -2.25. The highest BCUT2D eigenvalue weighted by atomic mass is 32.2. The summed E-state index contributed by atoms with van der Waals surface area (Å²) in [5.74, 6) is 1.61. The van der Waals surface area contributed by atoms with Crippen LogP contribution in [0.2, 0.25) is 0 Å². The van der Waals surface area contributed by atoms with Crippen molar-refractivity contribution in [2.75, 3.05) is 19.7 Å². The lowest BCUT2D eigenvalue weighted by atomic mass is 10.1. The van der Waals surface area contributed by atoms with Gasteiger partial charge in [0.15, 0.2) is 11.5 Å². The molecule has 2 rings (SSSR count). The van der Waals surface area contributed by atoms with Gasteiger partial charge in [-0.2, -0.15) is 11.8 Å². The van der Waals surface area contributed by atoms with Crippen LogP contribution in [0.1, 0.15) is 25.5 Å². The number of hydrogen-bond donors (Lipinski definition) is 2. The summed E-state index contributed by atoms with van der Waals surface area (Å²) in [5, 5.41) is 13.0. The van der Waals surface area contributed by atoms with Gasteiger partial charge in [-0.3, -0.25) is 0 Å². The lowest BCUT2D eigenvalue weighted by Crippen LogP contribution is -2.38. The van der Waals surface area contributed by atoms with Crippen LogP contribution in [0.3, 0.4) is 0 Å². The number of rotatable bonds is 6. The number of ether oxygens (including phenoxy) is 2. The molecule has 1 aliphatic rings. The third-order valence-corrected chi connectivity index (χ3v) is 4.61. The second-order valence-electron chi connectivity index (χ2n) is 4.75. The monoisotopic (exact) mass is 283 g/mol. The van der Waals surface area contributed by atoms with Gasteiger partial charge in [-0.05, 0) is 37.8 Å². The van der Waals surface area contributed by atoms with E-state index in [1.807, 2.05) is 24.5 Å². The highest BCUT2D eigenvalue weighted by Gasteiger charge is 2.20. The van der Waals surface area contributed by atoms with Gasteiger partial charge >= 0.3 is 0 Å². The van der Waals surface area contributed by atoms with Crippen molar-refractivity contribution >= 4 is 11.8 Å². The van der Waals surface area contributed by atoms with Gasteiger partial charge in [0.2, 0.25) is 6.79 Å². The zero-order valence-corrected chi connectivity index (χ0v) is 12.4. The summed E-state index contributed by atoms with van der Waals surface area (Å²) in [5.41, 5.74) is 1.16. The summed E-state index contributed by atoms with van der Waals surface area (Å²) in [7, 11) is 0. The van der Waals surface area contributed by atoms with E-state index in [9.17, 15) is 5.11 Å². The van der Waals surface area contributed by atoms with Crippen molar-refractivity contribution in [3.63, 3.8) is 0 Å². The maximum atomic E-state index is 9.31. The molecule has 19 heavy (non-hydrogen) atoms. The van der Waals surface area contributed by atoms with Crippen LogP contribution >= 0.6 is 11.8 Å². The van der Waals surface area contributed by atoms with Crippen molar-refractivity contribution in [2.45, 2.75) is 31.2 Å². The molecule has 1 heterocycles. The summed E-state index contributed by atoms with van der Waals surface area (Å²) in [6.07, 6.45) is 2.02. The Balaban J connectivity index is 2.01. The average Bonchev–Trinajstić information content (AvgIpc) is 2.87. The topological polar surface area (TPSA) is 50.7 Å². The van der Waals surface area contributed by atoms with Crippen molar-refractivity contribution in [1.29, 1.82) is 0 Å². The van der Waals surface area contributed by atoms with Crippen molar-refractivity contribution < 1.29 is 14.6 Å². The number of hydrogen-bond acceptors (Lipinski definition) is 5. The minimum absolute atomic E-state index is 0.184. The van der Waals surface area contributed by atoms with Crippen molar-refractivity contribution in [1.82, 2.24) is 5.32 Å². The minimum Gasteiger partial charge on any atom is -0.454 e. The molecule has 4 nitrogen and oxygen atoms in total. The van der Waals surface area contributed by atoms with Gasteiger partial charge < -0.3 is 19.9 Å². The molecular weight excluding hydrogens is 262 g/mol. The SMILES string of the molecule is CSC(CO)C(C)NC(C)c1ccc2c(c1)OCO2. The van der Waals surface area contributed by atoms with Crippen molar-refractivity contribution in [3.05, 3.63) is 23.8 Å². The maximum Gasteiger partial charge on any atom is 0.231 e. The molecule has 3 atom stereocenters. The van der Waals surface area contributed by atoms with Gasteiger partial charge in [0.1, 0.15) is 0 Å². The molecule has 1 aliphatic heterocycles. The van der Waals surface area contributed by atoms with Crippen LogP contribution in [0, 0.1) is 0 Å². The van der Waals surface area contributed by atoms with E-state index in [4.69, 9.17) is 9.47 Å². The summed E-state index contributed by atoms with van der Waals surface area (Å²) >= 11 is 1.68. The van der Waals surface area contributed by atoms with Gasteiger partial charge in [-0.25, -0.2) is 0 Å². The first-order valence-corrected chi connectivity index (χ1v) is 7.73. The lowest BCUT2D eigenvalue weighted by molar-refractivity contribution is 0.174. The first-order chi connectivity index (χ1) is 9.15. The summed E-state index contributed by atoms with van der Waals surface area (Å²) < 4.78 is 10.7. The molecule has 0 saturated heterocycles. The molecular formula is C14H21NO3S. The average molecular weight is 283 g/mol. The van der Waals surface area contributed by atoms with Gasteiger partial charge in [-0.15, -0.1) is 0 Å². The van der Waals surface area contributed by atoms with E-state index in [1.165, 1.54) is 0 Å². The Morgan fingerprint density at radius 2 is 2.05 bits per heavy atom. The predicted molar refractivity (Wildman–Crippen MR) is 78.0 cm³/mol. The molecule has 2 N–H and O–H groups in total. The normalized spacial score (nSPS) is 18.1. The fourth-order valence-corrected chi connectivity index (χ4v) is 2.85. The van der Waals surface area contributed by atoms with E-state index in [0.29, 0.717) is 6.79 Å². The van der Waals surface area contributed by atoms with Crippen LogP contribution in [-0.4, -0.2) is 36.1 Å². The fourth-order valence-electron chi connectivity index (χ4n) is 2.22. The van der Waals surface area contributed by atoms with E-state index >= 15 is 0 Å². The number of benzene rings is 1. The van der Waals surface area contributed by atoms with Gasteiger partial charge in [0.05, 0.1) is 6.61 Å². The molecule has 0 aliphatic carbocycles. The molecule has 0 aromatic heterocycles. The molecule has 0 amide bonds. The molecule has 0 bridgehead atoms. The van der Waals surface area contributed by atoms with Crippen molar-refractivity contribution in [3.8, 4) is 11.5 Å². The quantitative estimate of drug-likeness (QED) is 0.838. The molecule has 0 spiro atoms.